The van der Waals surface area contributed by atoms with Crippen LogP contribution in [0.5, 0.6) is 0 Å². The first-order chi connectivity index (χ1) is 7.76. The van der Waals surface area contributed by atoms with E-state index in [1.807, 2.05) is 6.07 Å². The largest absolute Gasteiger partial charge is 0.367 e. The number of hydrogen-bond acceptors (Lipinski definition) is 5. The number of nitrogens with two attached hydrogens (primary N) is 1. The second kappa shape index (κ2) is 6.79. The Morgan fingerprint density at radius 2 is 2.25 bits per heavy atom. The fourth-order valence-electron chi connectivity index (χ4n) is 1.28. The molecule has 1 unspecified atom stereocenters. The summed E-state index contributed by atoms with van der Waals surface area (Å²) in [6.07, 6.45) is 4.23. The van der Waals surface area contributed by atoms with Gasteiger partial charge in [0.25, 0.3) is 0 Å². The molecule has 5 nitrogen and oxygen atoms in total. The van der Waals surface area contributed by atoms with Gasteiger partial charge in [-0.25, -0.2) is 9.97 Å². The summed E-state index contributed by atoms with van der Waals surface area (Å²) in [5.41, 5.74) is 5.48. The summed E-state index contributed by atoms with van der Waals surface area (Å²) < 4.78 is 0. The van der Waals surface area contributed by atoms with Crippen molar-refractivity contribution in [3.63, 3.8) is 0 Å². The minimum Gasteiger partial charge on any atom is -0.367 e. The van der Waals surface area contributed by atoms with Gasteiger partial charge in [0, 0.05) is 18.7 Å². The maximum Gasteiger partial charge on any atom is 0.131 e. The molecule has 1 rings (SSSR count). The Bertz CT molecular complexity index is 326. The van der Waals surface area contributed by atoms with Crippen molar-refractivity contribution < 1.29 is 0 Å². The Morgan fingerprint density at radius 3 is 2.94 bits per heavy atom. The predicted molar refractivity (Wildman–Crippen MR) is 67.5 cm³/mol. The molecule has 0 radical (unpaired) electrons. The van der Waals surface area contributed by atoms with E-state index in [9.17, 15) is 0 Å². The summed E-state index contributed by atoms with van der Waals surface area (Å²) in [6, 6.07) is 2.18. The Morgan fingerprint density at radius 1 is 1.50 bits per heavy atom. The maximum atomic E-state index is 5.48. The van der Waals surface area contributed by atoms with Crippen LogP contribution in [-0.2, 0) is 0 Å². The highest BCUT2D eigenvalue weighted by molar-refractivity contribution is 5.47. The lowest BCUT2D eigenvalue weighted by Gasteiger charge is -2.13. The number of aromatic nitrogens is 2. The van der Waals surface area contributed by atoms with Gasteiger partial charge in [0.05, 0.1) is 0 Å². The van der Waals surface area contributed by atoms with Crippen LogP contribution in [-0.4, -0.2) is 29.1 Å². The zero-order valence-corrected chi connectivity index (χ0v) is 9.61. The van der Waals surface area contributed by atoms with Gasteiger partial charge in [-0.3, -0.25) is 0 Å². The normalized spacial score (nSPS) is 11.9. The summed E-state index contributed by atoms with van der Waals surface area (Å²) in [4.78, 5) is 8.24. The highest BCUT2D eigenvalue weighted by Gasteiger charge is 2.02. The van der Waals surface area contributed by atoms with Crippen LogP contribution in [0.1, 0.15) is 13.3 Å². The SMILES string of the molecule is C=CCNc1cc(NC(C)CCN)ncn1. The van der Waals surface area contributed by atoms with Gasteiger partial charge in [-0.05, 0) is 19.9 Å². The minimum atomic E-state index is 0.312. The van der Waals surface area contributed by atoms with Crippen LogP contribution in [0, 0.1) is 0 Å². The molecular formula is C11H19N5. The quantitative estimate of drug-likeness (QED) is 0.604. The standard InChI is InChI=1S/C11H19N5/c1-3-6-13-10-7-11(15-8-14-10)16-9(2)4-5-12/h3,7-9H,1,4-6,12H2,2H3,(H2,13,14,15,16). The van der Waals surface area contributed by atoms with Gasteiger partial charge in [-0.15, -0.1) is 6.58 Å². The molecule has 0 saturated heterocycles. The van der Waals surface area contributed by atoms with Crippen molar-refractivity contribution in [1.82, 2.24) is 9.97 Å². The van der Waals surface area contributed by atoms with Crippen LogP contribution in [0.2, 0.25) is 0 Å². The third kappa shape index (κ3) is 4.27. The van der Waals surface area contributed by atoms with E-state index in [-0.39, 0.29) is 0 Å². The molecule has 1 heterocycles. The summed E-state index contributed by atoms with van der Waals surface area (Å²) >= 11 is 0. The number of anilines is 2. The third-order valence-corrected chi connectivity index (χ3v) is 2.09. The molecule has 0 spiro atoms. The molecule has 0 aliphatic carbocycles. The molecular weight excluding hydrogens is 202 g/mol. The zero-order chi connectivity index (χ0) is 11.8. The van der Waals surface area contributed by atoms with E-state index in [1.54, 1.807) is 6.08 Å². The fraction of sp³-hybridized carbons (Fsp3) is 0.455. The summed E-state index contributed by atoms with van der Waals surface area (Å²) in [7, 11) is 0. The monoisotopic (exact) mass is 221 g/mol. The van der Waals surface area contributed by atoms with E-state index in [1.165, 1.54) is 6.33 Å². The smallest absolute Gasteiger partial charge is 0.131 e. The molecule has 16 heavy (non-hydrogen) atoms. The summed E-state index contributed by atoms with van der Waals surface area (Å²) in [5, 5.41) is 6.37. The Labute approximate surface area is 96.2 Å². The van der Waals surface area contributed by atoms with E-state index in [0.29, 0.717) is 19.1 Å². The molecule has 0 aliphatic heterocycles. The number of rotatable bonds is 7. The molecule has 0 fully saturated rings. The molecule has 4 N–H and O–H groups in total. The van der Waals surface area contributed by atoms with Gasteiger partial charge in [0.1, 0.15) is 18.0 Å². The first-order valence-corrected chi connectivity index (χ1v) is 5.39. The van der Waals surface area contributed by atoms with Gasteiger partial charge >= 0.3 is 0 Å². The first-order valence-electron chi connectivity index (χ1n) is 5.39. The van der Waals surface area contributed by atoms with Crippen molar-refractivity contribution >= 4 is 11.6 Å². The molecule has 5 heteroatoms. The molecule has 0 aromatic carbocycles. The molecule has 1 atom stereocenters. The molecule has 88 valence electrons. The van der Waals surface area contributed by atoms with Gasteiger partial charge in [-0.2, -0.15) is 0 Å². The van der Waals surface area contributed by atoms with Crippen LogP contribution in [0.4, 0.5) is 11.6 Å². The van der Waals surface area contributed by atoms with Crippen LogP contribution in [0.3, 0.4) is 0 Å². The van der Waals surface area contributed by atoms with Gasteiger partial charge in [0.15, 0.2) is 0 Å². The van der Waals surface area contributed by atoms with E-state index in [0.717, 1.165) is 18.1 Å². The average molecular weight is 221 g/mol. The molecule has 1 aromatic rings. The second-order valence-electron chi connectivity index (χ2n) is 3.58. The average Bonchev–Trinajstić information content (AvgIpc) is 2.27. The summed E-state index contributed by atoms with van der Waals surface area (Å²) in [6.45, 7) is 7.07. The van der Waals surface area contributed by atoms with E-state index in [4.69, 9.17) is 5.73 Å². The van der Waals surface area contributed by atoms with Crippen LogP contribution in [0.15, 0.2) is 25.0 Å². The lowest BCUT2D eigenvalue weighted by atomic mass is 10.2. The Hall–Kier alpha value is -1.62. The maximum absolute atomic E-state index is 5.48. The van der Waals surface area contributed by atoms with Crippen molar-refractivity contribution in [1.29, 1.82) is 0 Å². The first kappa shape index (κ1) is 12.4. The van der Waals surface area contributed by atoms with Crippen LogP contribution < -0.4 is 16.4 Å². The van der Waals surface area contributed by atoms with Crippen molar-refractivity contribution in [2.75, 3.05) is 23.7 Å². The van der Waals surface area contributed by atoms with Gasteiger partial charge in [0.2, 0.25) is 0 Å². The molecule has 0 aliphatic rings. The van der Waals surface area contributed by atoms with Gasteiger partial charge < -0.3 is 16.4 Å². The van der Waals surface area contributed by atoms with Crippen molar-refractivity contribution in [2.45, 2.75) is 19.4 Å². The van der Waals surface area contributed by atoms with E-state index >= 15 is 0 Å². The molecule has 1 aromatic heterocycles. The summed E-state index contributed by atoms with van der Waals surface area (Å²) in [5.74, 6) is 1.60. The van der Waals surface area contributed by atoms with Crippen LogP contribution >= 0.6 is 0 Å². The van der Waals surface area contributed by atoms with E-state index in [2.05, 4.69) is 34.1 Å². The van der Waals surface area contributed by atoms with E-state index < -0.39 is 0 Å². The Kier molecular flexibility index (Phi) is 5.28. The van der Waals surface area contributed by atoms with Crippen molar-refractivity contribution in [2.24, 2.45) is 5.73 Å². The Balaban J connectivity index is 2.55. The fourth-order valence-corrected chi connectivity index (χ4v) is 1.28. The highest BCUT2D eigenvalue weighted by Crippen LogP contribution is 2.10. The van der Waals surface area contributed by atoms with Crippen molar-refractivity contribution in [3.8, 4) is 0 Å². The predicted octanol–water partition coefficient (Wildman–Crippen LogP) is 1.22. The topological polar surface area (TPSA) is 75.9 Å². The molecule has 0 bridgehead atoms. The van der Waals surface area contributed by atoms with Crippen molar-refractivity contribution in [3.05, 3.63) is 25.0 Å². The molecule has 0 amide bonds. The number of nitrogens with one attached hydrogen (secondary N) is 2. The number of nitrogens with zero attached hydrogens (tertiary/aromatic N) is 2. The second-order valence-corrected chi connectivity index (χ2v) is 3.58. The lowest BCUT2D eigenvalue weighted by molar-refractivity contribution is 0.713. The minimum absolute atomic E-state index is 0.312. The van der Waals surface area contributed by atoms with Gasteiger partial charge in [-0.1, -0.05) is 6.08 Å². The highest BCUT2D eigenvalue weighted by atomic mass is 15.1. The molecule has 0 saturated carbocycles. The van der Waals surface area contributed by atoms with Crippen LogP contribution in [0.25, 0.3) is 0 Å². The lowest BCUT2D eigenvalue weighted by Crippen LogP contribution is -2.20. The zero-order valence-electron chi connectivity index (χ0n) is 9.61. The third-order valence-electron chi connectivity index (χ3n) is 2.09. The number of hydrogen-bond donors (Lipinski definition) is 3.